The number of carbonyl (C=O) groups is 1. The molecular formula is C15H21FN2O2. The van der Waals surface area contributed by atoms with E-state index in [4.69, 9.17) is 4.74 Å². The molecule has 2 rings (SSSR count). The van der Waals surface area contributed by atoms with Crippen LogP contribution in [0.2, 0.25) is 0 Å². The highest BCUT2D eigenvalue weighted by Gasteiger charge is 2.14. The van der Waals surface area contributed by atoms with Crippen LogP contribution in [0.1, 0.15) is 19.3 Å². The zero-order valence-electron chi connectivity index (χ0n) is 11.6. The predicted octanol–water partition coefficient (Wildman–Crippen LogP) is 1.81. The maximum Gasteiger partial charge on any atom is 0.222 e. The number of carbonyl (C=O) groups excluding carboxylic acids is 1. The zero-order chi connectivity index (χ0) is 14.2. The molecule has 0 aromatic heterocycles. The number of rotatable bonds is 5. The van der Waals surface area contributed by atoms with Gasteiger partial charge in [0.2, 0.25) is 5.91 Å². The van der Waals surface area contributed by atoms with Crippen LogP contribution in [0.3, 0.4) is 0 Å². The minimum Gasteiger partial charge on any atom is -0.493 e. The lowest BCUT2D eigenvalue weighted by Gasteiger charge is -2.19. The molecule has 1 aromatic carbocycles. The van der Waals surface area contributed by atoms with E-state index in [0.717, 1.165) is 32.6 Å². The van der Waals surface area contributed by atoms with Gasteiger partial charge in [0.25, 0.3) is 0 Å². The molecule has 0 saturated carbocycles. The van der Waals surface area contributed by atoms with Crippen molar-refractivity contribution in [3.63, 3.8) is 0 Å². The van der Waals surface area contributed by atoms with E-state index in [1.807, 2.05) is 4.90 Å². The molecule has 0 bridgehead atoms. The molecule has 1 aliphatic rings. The third kappa shape index (κ3) is 4.81. The molecule has 1 fully saturated rings. The Kier molecular flexibility index (Phi) is 5.80. The second kappa shape index (κ2) is 7.85. The number of amides is 1. The summed E-state index contributed by atoms with van der Waals surface area (Å²) in [5.41, 5.74) is 0. The fourth-order valence-corrected chi connectivity index (χ4v) is 2.22. The molecule has 0 spiro atoms. The van der Waals surface area contributed by atoms with Gasteiger partial charge < -0.3 is 15.0 Å². The fourth-order valence-electron chi connectivity index (χ4n) is 2.22. The number of ether oxygens (including phenoxy) is 1. The lowest BCUT2D eigenvalue weighted by atomic mass is 10.2. The molecule has 1 amide bonds. The molecule has 1 aliphatic heterocycles. The van der Waals surface area contributed by atoms with Crippen molar-refractivity contribution in [3.8, 4) is 5.75 Å². The molecule has 0 unspecified atom stereocenters. The Morgan fingerprint density at radius 2 is 2.25 bits per heavy atom. The standard InChI is InChI=1S/C15H21FN2O2/c16-13-4-1-5-14(12-13)20-11-2-6-15(19)18-9-3-7-17-8-10-18/h1,4-5,12,17H,2-3,6-11H2. The first-order chi connectivity index (χ1) is 9.75. The third-order valence-electron chi connectivity index (χ3n) is 3.29. The van der Waals surface area contributed by atoms with E-state index in [1.165, 1.54) is 12.1 Å². The number of hydrogen-bond acceptors (Lipinski definition) is 3. The number of nitrogens with zero attached hydrogens (tertiary/aromatic N) is 1. The van der Waals surface area contributed by atoms with Gasteiger partial charge in [0, 0.05) is 32.1 Å². The number of hydrogen-bond donors (Lipinski definition) is 1. The second-order valence-corrected chi connectivity index (χ2v) is 4.89. The minimum absolute atomic E-state index is 0.177. The Labute approximate surface area is 118 Å². The van der Waals surface area contributed by atoms with Crippen molar-refractivity contribution in [2.45, 2.75) is 19.3 Å². The van der Waals surface area contributed by atoms with Crippen molar-refractivity contribution in [2.24, 2.45) is 0 Å². The maximum absolute atomic E-state index is 12.9. The molecule has 20 heavy (non-hydrogen) atoms. The SMILES string of the molecule is O=C(CCCOc1cccc(F)c1)N1CCCNCC1. The van der Waals surface area contributed by atoms with Crippen LogP contribution in [0.25, 0.3) is 0 Å². The summed E-state index contributed by atoms with van der Waals surface area (Å²) in [5, 5.41) is 3.27. The summed E-state index contributed by atoms with van der Waals surface area (Å²) in [7, 11) is 0. The first-order valence-corrected chi connectivity index (χ1v) is 7.12. The van der Waals surface area contributed by atoms with E-state index < -0.39 is 0 Å². The summed E-state index contributed by atoms with van der Waals surface area (Å²) in [6, 6.07) is 6.05. The molecular weight excluding hydrogens is 259 g/mol. The molecule has 1 N–H and O–H groups in total. The van der Waals surface area contributed by atoms with E-state index >= 15 is 0 Å². The molecule has 1 saturated heterocycles. The van der Waals surface area contributed by atoms with Crippen LogP contribution in [0.4, 0.5) is 4.39 Å². The van der Waals surface area contributed by atoms with Crippen molar-refractivity contribution >= 4 is 5.91 Å². The van der Waals surface area contributed by atoms with Crippen LogP contribution in [0, 0.1) is 5.82 Å². The third-order valence-corrected chi connectivity index (χ3v) is 3.29. The van der Waals surface area contributed by atoms with E-state index in [2.05, 4.69) is 5.32 Å². The smallest absolute Gasteiger partial charge is 0.222 e. The van der Waals surface area contributed by atoms with Crippen molar-refractivity contribution in [2.75, 3.05) is 32.8 Å². The van der Waals surface area contributed by atoms with Gasteiger partial charge in [0.05, 0.1) is 6.61 Å². The number of nitrogens with one attached hydrogen (secondary N) is 1. The fraction of sp³-hybridized carbons (Fsp3) is 0.533. The van der Waals surface area contributed by atoms with E-state index in [1.54, 1.807) is 12.1 Å². The molecule has 110 valence electrons. The highest BCUT2D eigenvalue weighted by Crippen LogP contribution is 2.12. The summed E-state index contributed by atoms with van der Waals surface area (Å²) < 4.78 is 18.4. The van der Waals surface area contributed by atoms with Crippen LogP contribution in [-0.4, -0.2) is 43.6 Å². The first kappa shape index (κ1) is 14.8. The molecule has 4 nitrogen and oxygen atoms in total. The molecule has 0 radical (unpaired) electrons. The molecule has 0 aliphatic carbocycles. The molecule has 5 heteroatoms. The summed E-state index contributed by atoms with van der Waals surface area (Å²) in [4.78, 5) is 13.9. The zero-order valence-corrected chi connectivity index (χ0v) is 11.6. The molecule has 1 heterocycles. The molecule has 0 atom stereocenters. The van der Waals surface area contributed by atoms with Crippen LogP contribution in [0.5, 0.6) is 5.75 Å². The van der Waals surface area contributed by atoms with Crippen LogP contribution < -0.4 is 10.1 Å². The average molecular weight is 280 g/mol. The number of halogens is 1. The van der Waals surface area contributed by atoms with Gasteiger partial charge in [-0.1, -0.05) is 6.07 Å². The van der Waals surface area contributed by atoms with Gasteiger partial charge in [-0.2, -0.15) is 0 Å². The van der Waals surface area contributed by atoms with Gasteiger partial charge in [-0.05, 0) is 31.5 Å². The highest BCUT2D eigenvalue weighted by atomic mass is 19.1. The Hall–Kier alpha value is -1.62. The first-order valence-electron chi connectivity index (χ1n) is 7.12. The topological polar surface area (TPSA) is 41.6 Å². The van der Waals surface area contributed by atoms with E-state index in [0.29, 0.717) is 25.2 Å². The van der Waals surface area contributed by atoms with E-state index in [9.17, 15) is 9.18 Å². The largest absolute Gasteiger partial charge is 0.493 e. The van der Waals surface area contributed by atoms with Gasteiger partial charge in [0.1, 0.15) is 11.6 Å². The minimum atomic E-state index is -0.310. The summed E-state index contributed by atoms with van der Waals surface area (Å²) in [6.45, 7) is 3.89. The monoisotopic (exact) mass is 280 g/mol. The van der Waals surface area contributed by atoms with Gasteiger partial charge in [-0.15, -0.1) is 0 Å². The van der Waals surface area contributed by atoms with Crippen molar-refractivity contribution in [1.29, 1.82) is 0 Å². The Morgan fingerprint density at radius 3 is 3.10 bits per heavy atom. The Morgan fingerprint density at radius 1 is 1.35 bits per heavy atom. The van der Waals surface area contributed by atoms with Gasteiger partial charge in [-0.25, -0.2) is 4.39 Å². The van der Waals surface area contributed by atoms with Crippen LogP contribution in [-0.2, 0) is 4.79 Å². The lowest BCUT2D eigenvalue weighted by molar-refractivity contribution is -0.131. The second-order valence-electron chi connectivity index (χ2n) is 4.89. The van der Waals surface area contributed by atoms with Crippen molar-refractivity contribution < 1.29 is 13.9 Å². The Balaban J connectivity index is 1.66. The summed E-state index contributed by atoms with van der Waals surface area (Å²) in [5.74, 6) is 0.378. The van der Waals surface area contributed by atoms with Crippen LogP contribution >= 0.6 is 0 Å². The normalized spacial score (nSPS) is 15.8. The van der Waals surface area contributed by atoms with Crippen LogP contribution in [0.15, 0.2) is 24.3 Å². The predicted molar refractivity (Wildman–Crippen MR) is 75.2 cm³/mol. The number of benzene rings is 1. The maximum atomic E-state index is 12.9. The Bertz CT molecular complexity index is 432. The van der Waals surface area contributed by atoms with Gasteiger partial charge in [-0.3, -0.25) is 4.79 Å². The quantitative estimate of drug-likeness (QED) is 0.836. The summed E-state index contributed by atoms with van der Waals surface area (Å²) >= 11 is 0. The molecule has 1 aromatic rings. The van der Waals surface area contributed by atoms with Crippen molar-refractivity contribution in [3.05, 3.63) is 30.1 Å². The lowest BCUT2D eigenvalue weighted by Crippen LogP contribution is -2.34. The van der Waals surface area contributed by atoms with Gasteiger partial charge in [0.15, 0.2) is 0 Å². The summed E-state index contributed by atoms with van der Waals surface area (Å²) in [6.07, 6.45) is 2.14. The average Bonchev–Trinajstić information content (AvgIpc) is 2.72. The highest BCUT2D eigenvalue weighted by molar-refractivity contribution is 5.76. The van der Waals surface area contributed by atoms with E-state index in [-0.39, 0.29) is 11.7 Å². The van der Waals surface area contributed by atoms with Gasteiger partial charge >= 0.3 is 0 Å². The van der Waals surface area contributed by atoms with Crippen molar-refractivity contribution in [1.82, 2.24) is 10.2 Å².